The first-order valence-corrected chi connectivity index (χ1v) is 9.78. The molecule has 4 heterocycles. The first-order valence-electron chi connectivity index (χ1n) is 9.78. The molecule has 8 nitrogen and oxygen atoms in total. The number of aromatic nitrogens is 4. The van der Waals surface area contributed by atoms with E-state index in [2.05, 4.69) is 22.2 Å². The molecule has 3 aromatic rings. The molecule has 0 saturated carbocycles. The fraction of sp³-hybridized carbons (Fsp3) is 0.333. The summed E-state index contributed by atoms with van der Waals surface area (Å²) in [5.74, 6) is -0.108. The fourth-order valence-electron chi connectivity index (χ4n) is 4.10. The highest BCUT2D eigenvalue weighted by Crippen LogP contribution is 2.22. The van der Waals surface area contributed by atoms with Gasteiger partial charge in [0.15, 0.2) is 5.69 Å². The SMILES string of the molecule is Cn1cncc1C(=O)N1CCn2nc(C(=O)N3CCc4ccccc4C3)cc2C1. The Kier molecular flexibility index (Phi) is 4.19. The molecule has 0 saturated heterocycles. The van der Waals surface area contributed by atoms with Crippen molar-refractivity contribution in [1.29, 1.82) is 0 Å². The van der Waals surface area contributed by atoms with Crippen LogP contribution in [0.5, 0.6) is 0 Å². The molecule has 8 heteroatoms. The number of hydrogen-bond donors (Lipinski definition) is 0. The molecule has 1 aromatic carbocycles. The van der Waals surface area contributed by atoms with Crippen LogP contribution in [0.4, 0.5) is 0 Å². The molecule has 0 spiro atoms. The Morgan fingerprint density at radius 1 is 0.966 bits per heavy atom. The maximum atomic E-state index is 13.0. The summed E-state index contributed by atoms with van der Waals surface area (Å²) in [4.78, 5) is 33.4. The van der Waals surface area contributed by atoms with Gasteiger partial charge in [0.1, 0.15) is 5.69 Å². The zero-order valence-electron chi connectivity index (χ0n) is 16.3. The van der Waals surface area contributed by atoms with E-state index in [-0.39, 0.29) is 11.8 Å². The summed E-state index contributed by atoms with van der Waals surface area (Å²) in [5, 5.41) is 4.53. The second-order valence-corrected chi connectivity index (χ2v) is 7.61. The molecule has 2 aromatic heterocycles. The van der Waals surface area contributed by atoms with Crippen LogP contribution in [-0.2, 0) is 33.1 Å². The van der Waals surface area contributed by atoms with Gasteiger partial charge in [0.2, 0.25) is 0 Å². The van der Waals surface area contributed by atoms with E-state index in [0.29, 0.717) is 44.1 Å². The maximum Gasteiger partial charge on any atom is 0.274 e. The Hall–Kier alpha value is -3.42. The average molecular weight is 390 g/mol. The van der Waals surface area contributed by atoms with E-state index in [1.807, 2.05) is 34.8 Å². The van der Waals surface area contributed by atoms with Gasteiger partial charge in [0.25, 0.3) is 11.8 Å². The van der Waals surface area contributed by atoms with Gasteiger partial charge in [-0.25, -0.2) is 4.98 Å². The van der Waals surface area contributed by atoms with Crippen LogP contribution in [-0.4, -0.2) is 54.0 Å². The fourth-order valence-corrected chi connectivity index (χ4v) is 4.10. The molecule has 148 valence electrons. The topological polar surface area (TPSA) is 76.3 Å². The lowest BCUT2D eigenvalue weighted by molar-refractivity contribution is 0.0691. The summed E-state index contributed by atoms with van der Waals surface area (Å²) in [6.45, 7) is 2.89. The number of benzene rings is 1. The third kappa shape index (κ3) is 3.10. The van der Waals surface area contributed by atoms with Crippen molar-refractivity contribution in [2.75, 3.05) is 13.1 Å². The van der Waals surface area contributed by atoms with Crippen molar-refractivity contribution < 1.29 is 9.59 Å². The van der Waals surface area contributed by atoms with Crippen molar-refractivity contribution in [3.8, 4) is 0 Å². The van der Waals surface area contributed by atoms with E-state index < -0.39 is 0 Å². The van der Waals surface area contributed by atoms with E-state index in [1.54, 1.807) is 22.0 Å². The molecule has 5 rings (SSSR count). The van der Waals surface area contributed by atoms with E-state index in [0.717, 1.165) is 12.1 Å². The molecule has 29 heavy (non-hydrogen) atoms. The van der Waals surface area contributed by atoms with Gasteiger partial charge in [-0.15, -0.1) is 0 Å². The van der Waals surface area contributed by atoms with Crippen LogP contribution in [0, 0.1) is 0 Å². The number of hydrogen-bond acceptors (Lipinski definition) is 4. The van der Waals surface area contributed by atoms with Gasteiger partial charge >= 0.3 is 0 Å². The Bertz CT molecular complexity index is 1100. The Morgan fingerprint density at radius 2 is 1.76 bits per heavy atom. The van der Waals surface area contributed by atoms with Crippen LogP contribution in [0.25, 0.3) is 0 Å². The summed E-state index contributed by atoms with van der Waals surface area (Å²) in [5.41, 5.74) is 4.40. The van der Waals surface area contributed by atoms with Crippen LogP contribution in [0.3, 0.4) is 0 Å². The van der Waals surface area contributed by atoms with E-state index in [9.17, 15) is 9.59 Å². The smallest absolute Gasteiger partial charge is 0.274 e. The first kappa shape index (κ1) is 17.7. The Morgan fingerprint density at radius 3 is 2.55 bits per heavy atom. The van der Waals surface area contributed by atoms with Gasteiger partial charge in [-0.05, 0) is 23.6 Å². The molecule has 2 aliphatic rings. The summed E-state index contributed by atoms with van der Waals surface area (Å²) in [7, 11) is 1.81. The minimum atomic E-state index is -0.0574. The predicted molar refractivity (Wildman–Crippen MR) is 105 cm³/mol. The molecular weight excluding hydrogens is 368 g/mol. The van der Waals surface area contributed by atoms with Crippen LogP contribution in [0.2, 0.25) is 0 Å². The maximum absolute atomic E-state index is 13.0. The summed E-state index contributed by atoms with van der Waals surface area (Å²) >= 11 is 0. The van der Waals surface area contributed by atoms with E-state index >= 15 is 0 Å². The highest BCUT2D eigenvalue weighted by Gasteiger charge is 2.28. The van der Waals surface area contributed by atoms with Crippen LogP contribution < -0.4 is 0 Å². The van der Waals surface area contributed by atoms with Crippen molar-refractivity contribution >= 4 is 11.8 Å². The Balaban J connectivity index is 1.32. The van der Waals surface area contributed by atoms with Crippen molar-refractivity contribution in [1.82, 2.24) is 29.1 Å². The molecule has 0 unspecified atom stereocenters. The van der Waals surface area contributed by atoms with Crippen LogP contribution in [0.1, 0.15) is 37.8 Å². The highest BCUT2D eigenvalue weighted by molar-refractivity contribution is 5.93. The monoisotopic (exact) mass is 390 g/mol. The number of carbonyl (C=O) groups excluding carboxylic acids is 2. The highest BCUT2D eigenvalue weighted by atomic mass is 16.2. The molecule has 0 fully saturated rings. The normalized spacial score (nSPS) is 15.8. The van der Waals surface area contributed by atoms with Gasteiger partial charge in [-0.2, -0.15) is 5.10 Å². The number of imidazole rings is 1. The number of amides is 2. The largest absolute Gasteiger partial charge is 0.333 e. The Labute approximate surface area is 168 Å². The van der Waals surface area contributed by atoms with E-state index in [4.69, 9.17) is 0 Å². The lowest BCUT2D eigenvalue weighted by Crippen LogP contribution is -2.39. The molecule has 2 amide bonds. The summed E-state index contributed by atoms with van der Waals surface area (Å²) < 4.78 is 3.57. The van der Waals surface area contributed by atoms with Crippen molar-refractivity contribution in [3.05, 3.63) is 71.1 Å². The summed E-state index contributed by atoms with van der Waals surface area (Å²) in [6, 6.07) is 10.1. The number of rotatable bonds is 2. The number of aryl methyl sites for hydroxylation is 1. The van der Waals surface area contributed by atoms with Gasteiger partial charge < -0.3 is 14.4 Å². The number of fused-ring (bicyclic) bond motifs is 2. The number of carbonyl (C=O) groups is 2. The second-order valence-electron chi connectivity index (χ2n) is 7.61. The first-order chi connectivity index (χ1) is 14.1. The molecular formula is C21H22N6O2. The average Bonchev–Trinajstić information content (AvgIpc) is 3.37. The number of nitrogens with zero attached hydrogens (tertiary/aromatic N) is 6. The lowest BCUT2D eigenvalue weighted by atomic mass is 10.00. The van der Waals surface area contributed by atoms with Crippen molar-refractivity contribution in [2.24, 2.45) is 7.05 Å². The third-order valence-corrected chi connectivity index (χ3v) is 5.76. The zero-order valence-corrected chi connectivity index (χ0v) is 16.3. The van der Waals surface area contributed by atoms with Crippen molar-refractivity contribution in [2.45, 2.75) is 26.1 Å². The molecule has 0 atom stereocenters. The van der Waals surface area contributed by atoms with E-state index in [1.165, 1.54) is 11.1 Å². The van der Waals surface area contributed by atoms with Gasteiger partial charge in [0, 0.05) is 26.7 Å². The molecule has 0 bridgehead atoms. The molecule has 0 N–H and O–H groups in total. The van der Waals surface area contributed by atoms with Crippen LogP contribution >= 0.6 is 0 Å². The van der Waals surface area contributed by atoms with Gasteiger partial charge in [-0.1, -0.05) is 24.3 Å². The molecule has 2 aliphatic heterocycles. The van der Waals surface area contributed by atoms with Crippen molar-refractivity contribution in [3.63, 3.8) is 0 Å². The lowest BCUT2D eigenvalue weighted by Gasteiger charge is -2.28. The molecule has 0 aliphatic carbocycles. The summed E-state index contributed by atoms with van der Waals surface area (Å²) in [6.07, 6.45) is 4.06. The minimum Gasteiger partial charge on any atom is -0.333 e. The quantitative estimate of drug-likeness (QED) is 0.664. The van der Waals surface area contributed by atoms with Gasteiger partial charge in [0.05, 0.1) is 31.3 Å². The predicted octanol–water partition coefficient (Wildman–Crippen LogP) is 1.47. The minimum absolute atomic E-state index is 0.0501. The van der Waals surface area contributed by atoms with Gasteiger partial charge in [-0.3, -0.25) is 14.3 Å². The molecule has 0 radical (unpaired) electrons. The third-order valence-electron chi connectivity index (χ3n) is 5.76. The standard InChI is InChI=1S/C21H22N6O2/c1-24-14-22-11-19(24)21(29)26-8-9-27-17(13-26)10-18(23-27)20(28)25-7-6-15-4-2-3-5-16(15)12-25/h2-5,10-11,14H,6-9,12-13H2,1H3. The zero-order chi connectivity index (χ0) is 20.0. The second kappa shape index (κ2) is 6.88. The van der Waals surface area contributed by atoms with Crippen LogP contribution in [0.15, 0.2) is 42.9 Å².